The maximum absolute atomic E-state index is 13.6. The Kier molecular flexibility index (Phi) is 5.65. The topological polar surface area (TPSA) is 9.23 Å². The van der Waals surface area contributed by atoms with E-state index in [1.54, 1.807) is 36.4 Å². The van der Waals surface area contributed by atoms with Gasteiger partial charge >= 0.3 is 18.0 Å². The van der Waals surface area contributed by atoms with E-state index < -0.39 is 30.5 Å². The monoisotopic (exact) mass is 380 g/mol. The first-order chi connectivity index (χ1) is 12.0. The van der Waals surface area contributed by atoms with E-state index in [1.165, 1.54) is 12.1 Å². The van der Waals surface area contributed by atoms with Crippen LogP contribution in [0.15, 0.2) is 54.6 Å². The number of methoxy groups -OCH3 is 1. The van der Waals surface area contributed by atoms with E-state index in [4.69, 9.17) is 4.74 Å². The van der Waals surface area contributed by atoms with Crippen molar-refractivity contribution >= 4 is 0 Å². The molecule has 2 rings (SSSR count). The van der Waals surface area contributed by atoms with Crippen LogP contribution in [0.1, 0.15) is 18.1 Å². The number of ether oxygens (including phenoxy) is 1. The lowest BCUT2D eigenvalue weighted by Gasteiger charge is -2.30. The van der Waals surface area contributed by atoms with Crippen LogP contribution in [0.3, 0.4) is 0 Å². The minimum absolute atomic E-state index is 0.0739. The van der Waals surface area contributed by atoms with Crippen molar-refractivity contribution in [2.75, 3.05) is 7.11 Å². The third kappa shape index (κ3) is 4.00. The number of benzene rings is 2. The molecule has 0 fully saturated rings. The zero-order chi connectivity index (χ0) is 19.6. The molecular formula is C18H15F7O. The van der Waals surface area contributed by atoms with E-state index in [9.17, 15) is 30.7 Å². The quantitative estimate of drug-likeness (QED) is 0.537. The number of halogens is 7. The highest BCUT2D eigenvalue weighted by Gasteiger charge is 2.73. The molecule has 142 valence electrons. The Morgan fingerprint density at radius 3 is 1.73 bits per heavy atom. The van der Waals surface area contributed by atoms with E-state index >= 15 is 0 Å². The van der Waals surface area contributed by atoms with Crippen LogP contribution in [0.25, 0.3) is 11.1 Å². The molecule has 2 aromatic rings. The fraction of sp³-hybridized carbons (Fsp3) is 0.333. The first kappa shape index (κ1) is 20.2. The van der Waals surface area contributed by atoms with E-state index in [0.29, 0.717) is 0 Å². The fourth-order valence-electron chi connectivity index (χ4n) is 2.43. The highest BCUT2D eigenvalue weighted by Crippen LogP contribution is 2.50. The van der Waals surface area contributed by atoms with Crippen molar-refractivity contribution in [1.82, 2.24) is 0 Å². The standard InChI is InChI=1S/C18H15F7O/c1-26-15(11-16(19,20)17(21,22)18(23,24)25)14-9-7-13(8-10-14)12-5-3-2-4-6-12/h2-10,15H,11H2,1H3. The summed E-state index contributed by atoms with van der Waals surface area (Å²) < 4.78 is 94.9. The Hall–Kier alpha value is -2.09. The molecule has 0 aliphatic heterocycles. The lowest BCUT2D eigenvalue weighted by molar-refractivity contribution is -0.358. The molecule has 1 atom stereocenters. The van der Waals surface area contributed by atoms with E-state index in [0.717, 1.165) is 18.2 Å². The zero-order valence-electron chi connectivity index (χ0n) is 13.5. The van der Waals surface area contributed by atoms with Gasteiger partial charge in [-0.25, -0.2) is 0 Å². The number of hydrogen-bond donors (Lipinski definition) is 0. The van der Waals surface area contributed by atoms with Gasteiger partial charge in [0.1, 0.15) is 0 Å². The van der Waals surface area contributed by atoms with Crippen LogP contribution in [0, 0.1) is 0 Å². The van der Waals surface area contributed by atoms with Crippen molar-refractivity contribution in [3.05, 3.63) is 60.2 Å². The third-order valence-electron chi connectivity index (χ3n) is 3.93. The van der Waals surface area contributed by atoms with E-state index in [-0.39, 0.29) is 5.56 Å². The second-order valence-corrected chi connectivity index (χ2v) is 5.69. The Labute approximate surface area is 145 Å². The summed E-state index contributed by atoms with van der Waals surface area (Å²) in [5.41, 5.74) is 1.64. The van der Waals surface area contributed by atoms with Gasteiger partial charge in [0.05, 0.1) is 6.10 Å². The van der Waals surface area contributed by atoms with Gasteiger partial charge in [-0.2, -0.15) is 30.7 Å². The van der Waals surface area contributed by atoms with Crippen molar-refractivity contribution in [2.24, 2.45) is 0 Å². The molecule has 8 heteroatoms. The highest BCUT2D eigenvalue weighted by molar-refractivity contribution is 5.63. The van der Waals surface area contributed by atoms with Crippen molar-refractivity contribution in [3.8, 4) is 11.1 Å². The summed E-state index contributed by atoms with van der Waals surface area (Å²) in [5.74, 6) is -11.5. The van der Waals surface area contributed by atoms with Gasteiger partial charge in [0.15, 0.2) is 0 Å². The molecule has 0 heterocycles. The van der Waals surface area contributed by atoms with Crippen molar-refractivity contribution < 1.29 is 35.5 Å². The van der Waals surface area contributed by atoms with Crippen LogP contribution in [-0.4, -0.2) is 25.1 Å². The Balaban J connectivity index is 2.23. The van der Waals surface area contributed by atoms with E-state index in [2.05, 4.69) is 0 Å². The van der Waals surface area contributed by atoms with Crippen molar-refractivity contribution in [1.29, 1.82) is 0 Å². The summed E-state index contributed by atoms with van der Waals surface area (Å²) in [6, 6.07) is 14.8. The van der Waals surface area contributed by atoms with Gasteiger partial charge < -0.3 is 4.74 Å². The molecule has 0 saturated heterocycles. The smallest absolute Gasteiger partial charge is 0.377 e. The molecule has 0 saturated carbocycles. The fourth-order valence-corrected chi connectivity index (χ4v) is 2.43. The molecule has 0 amide bonds. The molecule has 0 radical (unpaired) electrons. The van der Waals surface area contributed by atoms with Gasteiger partial charge in [0, 0.05) is 13.5 Å². The second-order valence-electron chi connectivity index (χ2n) is 5.69. The molecule has 0 N–H and O–H groups in total. The van der Waals surface area contributed by atoms with Crippen LogP contribution in [0.5, 0.6) is 0 Å². The molecule has 0 aliphatic carbocycles. The van der Waals surface area contributed by atoms with Crippen molar-refractivity contribution in [3.63, 3.8) is 0 Å². The Morgan fingerprint density at radius 2 is 1.27 bits per heavy atom. The van der Waals surface area contributed by atoms with Crippen LogP contribution in [0.4, 0.5) is 30.7 Å². The molecule has 1 nitrogen and oxygen atoms in total. The maximum Gasteiger partial charge on any atom is 0.459 e. The van der Waals surface area contributed by atoms with Crippen LogP contribution < -0.4 is 0 Å². The van der Waals surface area contributed by atoms with Crippen molar-refractivity contribution in [2.45, 2.75) is 30.5 Å². The summed E-state index contributed by atoms with van der Waals surface area (Å²) in [7, 11) is 0.970. The molecule has 0 spiro atoms. The summed E-state index contributed by atoms with van der Waals surface area (Å²) in [5, 5.41) is 0. The Morgan fingerprint density at radius 1 is 0.769 bits per heavy atom. The first-order valence-corrected chi connectivity index (χ1v) is 7.50. The minimum atomic E-state index is -6.36. The first-order valence-electron chi connectivity index (χ1n) is 7.50. The third-order valence-corrected chi connectivity index (χ3v) is 3.93. The Bertz CT molecular complexity index is 709. The minimum Gasteiger partial charge on any atom is -0.377 e. The molecule has 2 aromatic carbocycles. The summed E-state index contributed by atoms with van der Waals surface area (Å²) in [4.78, 5) is 0. The van der Waals surface area contributed by atoms with Gasteiger partial charge in [-0.05, 0) is 16.7 Å². The highest BCUT2D eigenvalue weighted by atomic mass is 19.4. The normalized spacial score (nSPS) is 14.3. The average Bonchev–Trinajstić information content (AvgIpc) is 2.59. The van der Waals surface area contributed by atoms with Gasteiger partial charge in [0.2, 0.25) is 0 Å². The zero-order valence-corrected chi connectivity index (χ0v) is 13.5. The molecular weight excluding hydrogens is 365 g/mol. The number of alkyl halides is 7. The SMILES string of the molecule is COC(CC(F)(F)C(F)(F)C(F)(F)F)c1ccc(-c2ccccc2)cc1. The average molecular weight is 380 g/mol. The van der Waals surface area contributed by atoms with Gasteiger partial charge in [-0.15, -0.1) is 0 Å². The largest absolute Gasteiger partial charge is 0.459 e. The summed E-state index contributed by atoms with van der Waals surface area (Å²) >= 11 is 0. The molecule has 0 bridgehead atoms. The lowest BCUT2D eigenvalue weighted by Crippen LogP contribution is -2.52. The maximum atomic E-state index is 13.6. The predicted molar refractivity (Wildman–Crippen MR) is 82.2 cm³/mol. The molecule has 26 heavy (non-hydrogen) atoms. The molecule has 1 unspecified atom stereocenters. The van der Waals surface area contributed by atoms with E-state index in [1.807, 2.05) is 6.07 Å². The second kappa shape index (κ2) is 7.26. The van der Waals surface area contributed by atoms with Gasteiger partial charge in [-0.3, -0.25) is 0 Å². The molecule has 0 aromatic heterocycles. The number of hydrogen-bond acceptors (Lipinski definition) is 1. The predicted octanol–water partition coefficient (Wildman–Crippen LogP) is 6.26. The van der Waals surface area contributed by atoms with Crippen LogP contribution >= 0.6 is 0 Å². The summed E-state index contributed by atoms with van der Waals surface area (Å²) in [6.45, 7) is 0. The molecule has 0 aliphatic rings. The van der Waals surface area contributed by atoms with Crippen LogP contribution in [-0.2, 0) is 4.74 Å². The summed E-state index contributed by atoms with van der Waals surface area (Å²) in [6.07, 6.45) is -9.78. The lowest BCUT2D eigenvalue weighted by atomic mass is 9.96. The number of rotatable bonds is 6. The van der Waals surface area contributed by atoms with Crippen LogP contribution in [0.2, 0.25) is 0 Å². The van der Waals surface area contributed by atoms with Gasteiger partial charge in [0.25, 0.3) is 0 Å². The van der Waals surface area contributed by atoms with Gasteiger partial charge in [-0.1, -0.05) is 54.6 Å².